The summed E-state index contributed by atoms with van der Waals surface area (Å²) in [6.07, 6.45) is 6.77. The number of hydrogen-bond donors (Lipinski definition) is 0. The fourth-order valence-electron chi connectivity index (χ4n) is 1.49. The lowest BCUT2D eigenvalue weighted by Gasteiger charge is -2.15. The van der Waals surface area contributed by atoms with Crippen LogP contribution >= 0.6 is 23.8 Å². The quantitative estimate of drug-likeness (QED) is 0.509. The molecule has 0 N–H and O–H groups in total. The Kier molecular flexibility index (Phi) is 6.49. The second kappa shape index (κ2) is 7.37. The molecule has 0 unspecified atom stereocenters. The highest BCUT2D eigenvalue weighted by atomic mass is 79.9. The maximum absolute atomic E-state index is 12.0. The Morgan fingerprint density at radius 3 is 2.59 bits per heavy atom. The number of allylic oxidation sites excluding steroid dienone is 3. The molecule has 0 spiro atoms. The average molecular weight is 325 g/mol. The van der Waals surface area contributed by atoms with Gasteiger partial charge in [-0.15, -0.1) is 0 Å². The number of halogens is 1. The molecule has 0 aromatic heterocycles. The lowest BCUT2D eigenvalue weighted by molar-refractivity contribution is 0.153. The fourth-order valence-corrected chi connectivity index (χ4v) is 3.15. The summed E-state index contributed by atoms with van der Waals surface area (Å²) in [7, 11) is -3.45. The lowest BCUT2D eigenvalue weighted by atomic mass is 10.2. The summed E-state index contributed by atoms with van der Waals surface area (Å²) >= 11 is 3.40. The third-order valence-corrected chi connectivity index (χ3v) is 4.42. The monoisotopic (exact) mass is 324 g/mol. The van der Waals surface area contributed by atoms with Crippen molar-refractivity contribution in [1.82, 2.24) is 0 Å². The Balaban J connectivity index is 2.61. The second-order valence-electron chi connectivity index (χ2n) is 3.48. The summed E-state index contributed by atoms with van der Waals surface area (Å²) in [5.74, 6) is 0. The molecule has 0 atom stereocenters. The maximum atomic E-state index is 12.0. The van der Waals surface area contributed by atoms with Crippen LogP contribution in [0.2, 0.25) is 0 Å². The molecule has 0 amide bonds. The first-order valence-corrected chi connectivity index (χ1v) is 7.99. The Morgan fingerprint density at radius 1 is 1.47 bits per heavy atom. The van der Waals surface area contributed by atoms with Gasteiger partial charge in [0.15, 0.2) is 0 Å². The van der Waals surface area contributed by atoms with Gasteiger partial charge in [-0.3, -0.25) is 9.05 Å². The highest BCUT2D eigenvalue weighted by molar-refractivity contribution is 9.12. The molecule has 0 aromatic carbocycles. The van der Waals surface area contributed by atoms with Crippen LogP contribution in [0.15, 0.2) is 22.4 Å². The van der Waals surface area contributed by atoms with Crippen LogP contribution in [0.4, 0.5) is 0 Å². The van der Waals surface area contributed by atoms with Gasteiger partial charge in [0.1, 0.15) is 6.26 Å². The van der Waals surface area contributed by atoms with E-state index in [-0.39, 0.29) is 13.2 Å². The number of phosphoric ester groups is 1. The van der Waals surface area contributed by atoms with Gasteiger partial charge >= 0.3 is 7.82 Å². The third-order valence-electron chi connectivity index (χ3n) is 2.21. The first-order valence-electron chi connectivity index (χ1n) is 5.74. The zero-order valence-corrected chi connectivity index (χ0v) is 12.6. The topological polar surface area (TPSA) is 44.8 Å². The molecule has 1 rings (SSSR count). The summed E-state index contributed by atoms with van der Waals surface area (Å²) in [6, 6.07) is 0. The van der Waals surface area contributed by atoms with E-state index in [1.807, 2.05) is 0 Å². The van der Waals surface area contributed by atoms with Crippen LogP contribution in [-0.2, 0) is 18.1 Å². The van der Waals surface area contributed by atoms with Crippen LogP contribution in [-0.4, -0.2) is 13.2 Å². The molecule has 0 radical (unpaired) electrons. The summed E-state index contributed by atoms with van der Waals surface area (Å²) in [6.45, 7) is 4.05. The molecule has 0 aliphatic heterocycles. The molecule has 1 aliphatic carbocycles. The summed E-state index contributed by atoms with van der Waals surface area (Å²) in [5, 5.41) is 0. The van der Waals surface area contributed by atoms with E-state index in [0.717, 1.165) is 23.7 Å². The van der Waals surface area contributed by atoms with Crippen molar-refractivity contribution in [2.45, 2.75) is 33.1 Å². The number of hydrogen-bond acceptors (Lipinski definition) is 4. The van der Waals surface area contributed by atoms with E-state index in [0.29, 0.717) is 0 Å². The molecule has 17 heavy (non-hydrogen) atoms. The van der Waals surface area contributed by atoms with E-state index in [4.69, 9.17) is 13.6 Å². The van der Waals surface area contributed by atoms with Crippen molar-refractivity contribution in [2.24, 2.45) is 0 Å². The lowest BCUT2D eigenvalue weighted by Crippen LogP contribution is -1.97. The molecule has 0 bridgehead atoms. The first kappa shape index (κ1) is 15.0. The van der Waals surface area contributed by atoms with E-state index in [2.05, 4.69) is 22.0 Å². The second-order valence-corrected chi connectivity index (χ2v) is 5.95. The minimum Gasteiger partial charge on any atom is -0.411 e. The van der Waals surface area contributed by atoms with Gasteiger partial charge in [-0.2, -0.15) is 0 Å². The maximum Gasteiger partial charge on any atom is 0.529 e. The molecule has 0 fully saturated rings. The minimum atomic E-state index is -3.45. The normalized spacial score (nSPS) is 17.1. The molecule has 0 aromatic rings. The minimum absolute atomic E-state index is 0.283. The fraction of sp³-hybridized carbons (Fsp3) is 0.636. The van der Waals surface area contributed by atoms with E-state index in [9.17, 15) is 4.57 Å². The number of rotatable bonds is 7. The summed E-state index contributed by atoms with van der Waals surface area (Å²) in [4.78, 5) is 0. The molecule has 98 valence electrons. The van der Waals surface area contributed by atoms with Gasteiger partial charge in [0, 0.05) is 0 Å². The average Bonchev–Trinajstić information content (AvgIpc) is 2.80. The van der Waals surface area contributed by atoms with E-state index in [1.165, 1.54) is 11.8 Å². The van der Waals surface area contributed by atoms with Gasteiger partial charge in [-0.05, 0) is 54.6 Å². The van der Waals surface area contributed by atoms with Crippen LogP contribution in [0, 0.1) is 0 Å². The molecular formula is C11H18BrO4P. The van der Waals surface area contributed by atoms with Crippen LogP contribution in [0.25, 0.3) is 0 Å². The van der Waals surface area contributed by atoms with Gasteiger partial charge in [-0.1, -0.05) is 6.08 Å². The Bertz CT molecular complexity index is 341. The Morgan fingerprint density at radius 2 is 2.12 bits per heavy atom. The molecule has 6 heteroatoms. The number of phosphoric acid groups is 1. The van der Waals surface area contributed by atoms with Crippen LogP contribution in [0.1, 0.15) is 33.1 Å². The smallest absolute Gasteiger partial charge is 0.411 e. The van der Waals surface area contributed by atoms with Gasteiger partial charge < -0.3 is 4.52 Å². The third kappa shape index (κ3) is 4.96. The SMILES string of the molecule is CCOP(=O)(O/C=C(\Br)C1=CCCC1)OCC. The molecular weight excluding hydrogens is 307 g/mol. The predicted octanol–water partition coefficient (Wildman–Crippen LogP) is 4.53. The van der Waals surface area contributed by atoms with Gasteiger partial charge in [-0.25, -0.2) is 4.57 Å². The molecule has 0 heterocycles. The Labute approximate surface area is 111 Å². The van der Waals surface area contributed by atoms with E-state index in [1.54, 1.807) is 13.8 Å². The van der Waals surface area contributed by atoms with Gasteiger partial charge in [0.05, 0.1) is 17.7 Å². The summed E-state index contributed by atoms with van der Waals surface area (Å²) < 4.78 is 27.9. The van der Waals surface area contributed by atoms with Crippen molar-refractivity contribution in [3.8, 4) is 0 Å². The zero-order chi connectivity index (χ0) is 12.7. The Hall–Kier alpha value is -0.0900. The van der Waals surface area contributed by atoms with E-state index < -0.39 is 7.82 Å². The standard InChI is InChI=1S/C11H18BrO4P/c1-3-14-17(13,15-4-2)16-9-11(12)10-7-5-6-8-10/h7,9H,3-6,8H2,1-2H3/b11-9-. The van der Waals surface area contributed by atoms with Crippen molar-refractivity contribution in [3.63, 3.8) is 0 Å². The molecule has 1 aliphatic rings. The van der Waals surface area contributed by atoms with Crippen LogP contribution in [0.3, 0.4) is 0 Å². The van der Waals surface area contributed by atoms with Gasteiger partial charge in [0.25, 0.3) is 0 Å². The van der Waals surface area contributed by atoms with E-state index >= 15 is 0 Å². The van der Waals surface area contributed by atoms with Gasteiger partial charge in [0.2, 0.25) is 0 Å². The molecule has 0 saturated heterocycles. The summed E-state index contributed by atoms with van der Waals surface area (Å²) in [5.41, 5.74) is 1.17. The van der Waals surface area contributed by atoms with Crippen molar-refractivity contribution >= 4 is 23.8 Å². The predicted molar refractivity (Wildman–Crippen MR) is 70.9 cm³/mol. The van der Waals surface area contributed by atoms with Crippen LogP contribution < -0.4 is 0 Å². The highest BCUT2D eigenvalue weighted by Crippen LogP contribution is 2.50. The molecule has 4 nitrogen and oxygen atoms in total. The van der Waals surface area contributed by atoms with Crippen molar-refractivity contribution in [3.05, 3.63) is 22.4 Å². The zero-order valence-electron chi connectivity index (χ0n) is 10.1. The van der Waals surface area contributed by atoms with Crippen molar-refractivity contribution in [2.75, 3.05) is 13.2 Å². The largest absolute Gasteiger partial charge is 0.529 e. The van der Waals surface area contributed by atoms with Crippen LogP contribution in [0.5, 0.6) is 0 Å². The molecule has 0 saturated carbocycles. The first-order chi connectivity index (χ1) is 8.11. The highest BCUT2D eigenvalue weighted by Gasteiger charge is 2.25. The van der Waals surface area contributed by atoms with Crippen molar-refractivity contribution < 1.29 is 18.1 Å². The van der Waals surface area contributed by atoms with Crippen molar-refractivity contribution in [1.29, 1.82) is 0 Å².